The zero-order valence-corrected chi connectivity index (χ0v) is 12.2. The van der Waals surface area contributed by atoms with Crippen LogP contribution in [0.4, 0.5) is 5.69 Å². The third kappa shape index (κ3) is 2.44. The fraction of sp³-hybridized carbons (Fsp3) is 0.429. The monoisotopic (exact) mass is 321 g/mol. The smallest absolute Gasteiger partial charge is 0.112 e. The number of aliphatic hydroxyl groups is 1. The minimum atomic E-state index is 0.195. The van der Waals surface area contributed by atoms with Crippen molar-refractivity contribution < 1.29 is 5.11 Å². The molecule has 3 heterocycles. The van der Waals surface area contributed by atoms with Crippen LogP contribution in [0.5, 0.6) is 0 Å². The Labute approximate surface area is 120 Å². The van der Waals surface area contributed by atoms with Gasteiger partial charge < -0.3 is 10.0 Å². The van der Waals surface area contributed by atoms with E-state index in [4.69, 9.17) is 0 Å². The molecule has 100 valence electrons. The van der Waals surface area contributed by atoms with Crippen molar-refractivity contribution in [1.29, 1.82) is 0 Å². The Hall–Kier alpha value is -1.20. The number of piperidine rings is 1. The molecular formula is C14H16BrN3O. The Kier molecular flexibility index (Phi) is 3.66. The fourth-order valence-electron chi connectivity index (χ4n) is 2.73. The lowest BCUT2D eigenvalue weighted by Gasteiger charge is -2.36. The number of hydrogen-bond acceptors (Lipinski definition) is 4. The van der Waals surface area contributed by atoms with E-state index in [1.54, 1.807) is 6.20 Å². The van der Waals surface area contributed by atoms with Crippen molar-refractivity contribution in [1.82, 2.24) is 9.97 Å². The molecule has 1 unspecified atom stereocenters. The predicted octanol–water partition coefficient (Wildman–Crippen LogP) is 2.74. The normalized spacial score (nSPS) is 19.9. The Balaban J connectivity index is 2.08. The van der Waals surface area contributed by atoms with E-state index in [0.717, 1.165) is 40.6 Å². The highest BCUT2D eigenvalue weighted by atomic mass is 79.9. The number of hydrogen-bond donors (Lipinski definition) is 1. The van der Waals surface area contributed by atoms with E-state index in [1.807, 2.05) is 18.3 Å². The molecule has 0 saturated carbocycles. The average Bonchev–Trinajstić information content (AvgIpc) is 2.46. The maximum absolute atomic E-state index is 9.55. The van der Waals surface area contributed by atoms with E-state index in [-0.39, 0.29) is 12.6 Å². The number of anilines is 1. The lowest BCUT2D eigenvalue weighted by molar-refractivity contribution is 0.240. The van der Waals surface area contributed by atoms with Gasteiger partial charge in [0.25, 0.3) is 0 Å². The second kappa shape index (κ2) is 5.43. The summed E-state index contributed by atoms with van der Waals surface area (Å²) in [6, 6.07) is 4.17. The van der Waals surface area contributed by atoms with Crippen molar-refractivity contribution in [3.05, 3.63) is 29.0 Å². The molecule has 1 saturated heterocycles. The number of aliphatic hydroxyl groups excluding tert-OH is 1. The standard InChI is InChI=1S/C14H16BrN3O/c15-10-7-12-14(17-8-10)13(4-5-16-12)18-6-2-1-3-11(18)9-19/h4-5,7-8,11,19H,1-3,6,9H2. The number of nitrogens with zero attached hydrogens (tertiary/aromatic N) is 3. The zero-order chi connectivity index (χ0) is 13.2. The molecule has 1 N–H and O–H groups in total. The Morgan fingerprint density at radius 1 is 1.37 bits per heavy atom. The van der Waals surface area contributed by atoms with Gasteiger partial charge in [-0.3, -0.25) is 9.97 Å². The summed E-state index contributed by atoms with van der Waals surface area (Å²) in [5.74, 6) is 0. The van der Waals surface area contributed by atoms with Gasteiger partial charge in [0.15, 0.2) is 0 Å². The van der Waals surface area contributed by atoms with Crippen LogP contribution in [-0.2, 0) is 0 Å². The molecule has 0 spiro atoms. The highest BCUT2D eigenvalue weighted by Crippen LogP contribution is 2.30. The molecule has 0 aromatic carbocycles. The van der Waals surface area contributed by atoms with Crippen LogP contribution in [0.3, 0.4) is 0 Å². The molecule has 0 bridgehead atoms. The summed E-state index contributed by atoms with van der Waals surface area (Å²) in [7, 11) is 0. The second-order valence-corrected chi connectivity index (χ2v) is 5.79. The van der Waals surface area contributed by atoms with Crippen molar-refractivity contribution >= 4 is 32.7 Å². The largest absolute Gasteiger partial charge is 0.394 e. The van der Waals surface area contributed by atoms with Gasteiger partial charge in [0.2, 0.25) is 0 Å². The molecule has 1 aliphatic heterocycles. The van der Waals surface area contributed by atoms with E-state index >= 15 is 0 Å². The predicted molar refractivity (Wildman–Crippen MR) is 79.3 cm³/mol. The number of aromatic nitrogens is 2. The third-order valence-electron chi connectivity index (χ3n) is 3.67. The van der Waals surface area contributed by atoms with Gasteiger partial charge in [-0.1, -0.05) is 0 Å². The molecular weight excluding hydrogens is 306 g/mol. The van der Waals surface area contributed by atoms with Crippen molar-refractivity contribution in [3.63, 3.8) is 0 Å². The van der Waals surface area contributed by atoms with Crippen molar-refractivity contribution in [3.8, 4) is 0 Å². The van der Waals surface area contributed by atoms with E-state index in [9.17, 15) is 5.11 Å². The second-order valence-electron chi connectivity index (χ2n) is 4.88. The molecule has 3 rings (SSSR count). The maximum atomic E-state index is 9.55. The van der Waals surface area contributed by atoms with Gasteiger partial charge in [-0.15, -0.1) is 0 Å². The van der Waals surface area contributed by atoms with Crippen LogP contribution in [0.15, 0.2) is 29.0 Å². The molecule has 19 heavy (non-hydrogen) atoms. The molecule has 0 amide bonds. The van der Waals surface area contributed by atoms with Gasteiger partial charge in [-0.05, 0) is 47.3 Å². The molecule has 0 aliphatic carbocycles. The highest BCUT2D eigenvalue weighted by Gasteiger charge is 2.23. The molecule has 2 aromatic rings. The van der Waals surface area contributed by atoms with E-state index in [2.05, 4.69) is 30.8 Å². The SMILES string of the molecule is OCC1CCCCN1c1ccnc2cc(Br)cnc12. The molecule has 5 heteroatoms. The summed E-state index contributed by atoms with van der Waals surface area (Å²) in [5.41, 5.74) is 2.87. The van der Waals surface area contributed by atoms with Crippen molar-refractivity contribution in [2.75, 3.05) is 18.1 Å². The summed E-state index contributed by atoms with van der Waals surface area (Å²) in [4.78, 5) is 11.1. The average molecular weight is 322 g/mol. The van der Waals surface area contributed by atoms with Crippen LogP contribution < -0.4 is 4.90 Å². The van der Waals surface area contributed by atoms with Gasteiger partial charge in [-0.2, -0.15) is 0 Å². The molecule has 1 fully saturated rings. The summed E-state index contributed by atoms with van der Waals surface area (Å²) < 4.78 is 0.932. The van der Waals surface area contributed by atoms with Crippen LogP contribution in [0.1, 0.15) is 19.3 Å². The summed E-state index contributed by atoms with van der Waals surface area (Å²) >= 11 is 3.42. The van der Waals surface area contributed by atoms with Gasteiger partial charge >= 0.3 is 0 Å². The molecule has 4 nitrogen and oxygen atoms in total. The van der Waals surface area contributed by atoms with E-state index in [0.29, 0.717) is 0 Å². The first-order valence-corrected chi connectivity index (χ1v) is 7.36. The molecule has 1 aliphatic rings. The van der Waals surface area contributed by atoms with Crippen LogP contribution >= 0.6 is 15.9 Å². The van der Waals surface area contributed by atoms with Gasteiger partial charge in [0.05, 0.1) is 23.9 Å². The van der Waals surface area contributed by atoms with Gasteiger partial charge in [0.1, 0.15) is 5.52 Å². The van der Waals surface area contributed by atoms with Crippen LogP contribution in [0, 0.1) is 0 Å². The Morgan fingerprint density at radius 3 is 3.11 bits per heavy atom. The van der Waals surface area contributed by atoms with Crippen molar-refractivity contribution in [2.24, 2.45) is 0 Å². The van der Waals surface area contributed by atoms with Gasteiger partial charge in [0, 0.05) is 23.4 Å². The van der Waals surface area contributed by atoms with Crippen LogP contribution in [0.25, 0.3) is 11.0 Å². The topological polar surface area (TPSA) is 49.2 Å². The fourth-order valence-corrected chi connectivity index (χ4v) is 3.05. The zero-order valence-electron chi connectivity index (χ0n) is 10.6. The molecule has 0 radical (unpaired) electrons. The Bertz CT molecular complexity index is 590. The minimum Gasteiger partial charge on any atom is -0.394 e. The van der Waals surface area contributed by atoms with Gasteiger partial charge in [-0.25, -0.2) is 0 Å². The number of halogens is 1. The molecule has 1 atom stereocenters. The molecule has 2 aromatic heterocycles. The van der Waals surface area contributed by atoms with Crippen LogP contribution in [-0.4, -0.2) is 34.3 Å². The summed E-state index contributed by atoms with van der Waals surface area (Å²) in [6.45, 7) is 1.17. The Morgan fingerprint density at radius 2 is 2.26 bits per heavy atom. The first-order valence-electron chi connectivity index (χ1n) is 6.57. The van der Waals surface area contributed by atoms with E-state index in [1.165, 1.54) is 6.42 Å². The van der Waals surface area contributed by atoms with Crippen molar-refractivity contribution in [2.45, 2.75) is 25.3 Å². The number of rotatable bonds is 2. The first-order chi connectivity index (χ1) is 9.29. The minimum absolute atomic E-state index is 0.195. The highest BCUT2D eigenvalue weighted by molar-refractivity contribution is 9.10. The van der Waals surface area contributed by atoms with E-state index < -0.39 is 0 Å². The third-order valence-corrected chi connectivity index (χ3v) is 4.10. The summed E-state index contributed by atoms with van der Waals surface area (Å²) in [5, 5.41) is 9.55. The summed E-state index contributed by atoms with van der Waals surface area (Å²) in [6.07, 6.45) is 7.00. The lowest BCUT2D eigenvalue weighted by Crippen LogP contribution is -2.42. The maximum Gasteiger partial charge on any atom is 0.112 e. The first kappa shape index (κ1) is 12.8. The number of pyridine rings is 2. The van der Waals surface area contributed by atoms with Crippen LogP contribution in [0.2, 0.25) is 0 Å². The quantitative estimate of drug-likeness (QED) is 0.924. The number of fused-ring (bicyclic) bond motifs is 1. The lowest BCUT2D eigenvalue weighted by atomic mass is 10.0.